The molecule has 2 aliphatic rings. The van der Waals surface area contributed by atoms with Crippen LogP contribution in [-0.2, 0) is 9.84 Å². The first-order valence-electron chi connectivity index (χ1n) is 10.7. The molecule has 3 N–H and O–H groups in total. The van der Waals surface area contributed by atoms with Gasteiger partial charge in [-0.2, -0.15) is 0 Å². The van der Waals surface area contributed by atoms with Crippen LogP contribution in [0.15, 0.2) is 40.3 Å². The fraction of sp³-hybridized carbons (Fsp3) is 0.409. The molecule has 0 aliphatic heterocycles. The molecule has 0 saturated heterocycles. The van der Waals surface area contributed by atoms with E-state index < -0.39 is 67.4 Å². The first kappa shape index (κ1) is 25.0. The van der Waals surface area contributed by atoms with E-state index in [1.807, 2.05) is 0 Å². The van der Waals surface area contributed by atoms with E-state index in [0.29, 0.717) is 25.0 Å². The van der Waals surface area contributed by atoms with Gasteiger partial charge in [0.2, 0.25) is 0 Å². The molecule has 9 nitrogen and oxygen atoms in total. The molecule has 4 rings (SSSR count). The Bertz CT molecular complexity index is 1310. The number of amides is 1. The van der Waals surface area contributed by atoms with Gasteiger partial charge in [0.1, 0.15) is 0 Å². The van der Waals surface area contributed by atoms with E-state index in [2.05, 4.69) is 15.3 Å². The highest BCUT2D eigenvalue weighted by Gasteiger charge is 2.54. The summed E-state index contributed by atoms with van der Waals surface area (Å²) in [6.45, 7) is -0.489. The lowest BCUT2D eigenvalue weighted by Gasteiger charge is -2.39. The van der Waals surface area contributed by atoms with E-state index in [4.69, 9.17) is 5.53 Å². The maximum Gasteiger partial charge on any atom is 0.255 e. The smallest absolute Gasteiger partial charge is 0.255 e. The van der Waals surface area contributed by atoms with Crippen molar-refractivity contribution in [1.29, 1.82) is 0 Å². The van der Waals surface area contributed by atoms with Gasteiger partial charge in [-0.15, -0.1) is 0 Å². The van der Waals surface area contributed by atoms with Crippen molar-refractivity contribution in [3.63, 3.8) is 0 Å². The standard InChI is InChI=1S/C22H21F3N4O5S/c23-15-6-14(7-16(24)19(15)25)27-21(31)11-3-4-17(28-29-26)18(5-11)35(33,34)20-12-1-2-13(20)9-22(32,8-12)10-30/h3-7,12-13,20,30,32H,1-2,8-10H2,(H,27,31)/t12-,13?,20+,22+/m0/s1. The molecule has 2 fully saturated rings. The number of carbonyl (C=O) groups excluding carboxylic acids is 1. The summed E-state index contributed by atoms with van der Waals surface area (Å²) < 4.78 is 67.6. The van der Waals surface area contributed by atoms with Crippen molar-refractivity contribution in [3.05, 3.63) is 63.8 Å². The van der Waals surface area contributed by atoms with E-state index >= 15 is 0 Å². The number of hydrogen-bond acceptors (Lipinski definition) is 6. The molecule has 2 aliphatic carbocycles. The van der Waals surface area contributed by atoms with Crippen molar-refractivity contribution in [2.45, 2.75) is 41.4 Å². The summed E-state index contributed by atoms with van der Waals surface area (Å²) in [6.07, 6.45) is 1.22. The first-order valence-corrected chi connectivity index (χ1v) is 12.3. The number of aliphatic hydroxyl groups is 2. The second kappa shape index (κ2) is 9.15. The number of nitrogens with zero attached hydrogens (tertiary/aromatic N) is 3. The van der Waals surface area contributed by atoms with Crippen molar-refractivity contribution < 1.29 is 36.6 Å². The number of benzene rings is 2. The second-order valence-corrected chi connectivity index (χ2v) is 11.1. The second-order valence-electron chi connectivity index (χ2n) is 8.98. The zero-order chi connectivity index (χ0) is 25.5. The van der Waals surface area contributed by atoms with Gasteiger partial charge >= 0.3 is 0 Å². The third-order valence-electron chi connectivity index (χ3n) is 6.70. The number of sulfone groups is 1. The Kier molecular flexibility index (Phi) is 6.54. The number of halogens is 3. The van der Waals surface area contributed by atoms with E-state index in [9.17, 15) is 36.6 Å². The Balaban J connectivity index is 1.70. The van der Waals surface area contributed by atoms with Crippen LogP contribution in [-0.4, -0.2) is 42.0 Å². The third-order valence-corrected chi connectivity index (χ3v) is 9.12. The van der Waals surface area contributed by atoms with Gasteiger partial charge in [0.05, 0.1) is 28.0 Å². The van der Waals surface area contributed by atoms with E-state index in [1.54, 1.807) is 0 Å². The molecule has 1 amide bonds. The number of aliphatic hydroxyl groups excluding tert-OH is 1. The molecule has 2 aromatic rings. The molecule has 2 aromatic carbocycles. The average molecular weight is 510 g/mol. The minimum atomic E-state index is -4.16. The first-order chi connectivity index (χ1) is 16.5. The monoisotopic (exact) mass is 510 g/mol. The number of azide groups is 1. The fourth-order valence-corrected chi connectivity index (χ4v) is 7.73. The summed E-state index contributed by atoms with van der Waals surface area (Å²) in [4.78, 5) is 15.0. The van der Waals surface area contributed by atoms with Gasteiger partial charge in [-0.3, -0.25) is 4.79 Å². The summed E-state index contributed by atoms with van der Waals surface area (Å²) in [5, 5.41) is 24.8. The van der Waals surface area contributed by atoms with Gasteiger partial charge in [-0.1, -0.05) is 11.2 Å². The van der Waals surface area contributed by atoms with Crippen molar-refractivity contribution >= 4 is 27.1 Å². The van der Waals surface area contributed by atoms with Crippen LogP contribution in [0.2, 0.25) is 0 Å². The van der Waals surface area contributed by atoms with Crippen LogP contribution >= 0.6 is 0 Å². The van der Waals surface area contributed by atoms with Crippen molar-refractivity contribution in [3.8, 4) is 0 Å². The number of nitrogens with one attached hydrogen (secondary N) is 1. The van der Waals surface area contributed by atoms with Gasteiger partial charge in [0.25, 0.3) is 5.91 Å². The SMILES string of the molecule is [N-]=[N+]=Nc1ccc(C(=O)Nc2cc(F)c(F)c(F)c2)cc1S(=O)(=O)[C@H]1C2CC[C@H]1C[C@](O)(CO)C2. The summed E-state index contributed by atoms with van der Waals surface area (Å²) in [7, 11) is -4.16. The van der Waals surface area contributed by atoms with Crippen LogP contribution < -0.4 is 5.32 Å². The predicted molar refractivity (Wildman–Crippen MR) is 118 cm³/mol. The summed E-state index contributed by atoms with van der Waals surface area (Å²) >= 11 is 0. The Morgan fingerprint density at radius 2 is 1.74 bits per heavy atom. The Labute approximate surface area is 198 Å². The van der Waals surface area contributed by atoms with Crippen LogP contribution in [0.3, 0.4) is 0 Å². The molecule has 4 atom stereocenters. The van der Waals surface area contributed by atoms with Crippen LogP contribution in [0.1, 0.15) is 36.0 Å². The third kappa shape index (κ3) is 4.59. The summed E-state index contributed by atoms with van der Waals surface area (Å²) in [5.74, 6) is -6.56. The molecular formula is C22H21F3N4O5S. The molecule has 0 radical (unpaired) electrons. The van der Waals surface area contributed by atoms with Crippen molar-refractivity contribution in [1.82, 2.24) is 0 Å². The average Bonchev–Trinajstić information content (AvgIpc) is 3.11. The fourth-order valence-electron chi connectivity index (χ4n) is 5.26. The topological polar surface area (TPSA) is 152 Å². The Morgan fingerprint density at radius 3 is 2.29 bits per heavy atom. The van der Waals surface area contributed by atoms with Gasteiger partial charge in [-0.05, 0) is 55.2 Å². The maximum absolute atomic E-state index is 13.7. The van der Waals surface area contributed by atoms with Crippen molar-refractivity contribution in [2.75, 3.05) is 11.9 Å². The highest BCUT2D eigenvalue weighted by atomic mass is 32.2. The summed E-state index contributed by atoms with van der Waals surface area (Å²) in [6, 6.07) is 4.47. The maximum atomic E-state index is 13.7. The highest BCUT2D eigenvalue weighted by molar-refractivity contribution is 7.92. The molecule has 35 heavy (non-hydrogen) atoms. The number of hydrogen-bond donors (Lipinski definition) is 3. The van der Waals surface area contributed by atoms with Gasteiger partial charge < -0.3 is 15.5 Å². The minimum absolute atomic E-state index is 0.0859. The largest absolute Gasteiger partial charge is 0.393 e. The normalized spacial score (nSPS) is 25.7. The molecule has 2 saturated carbocycles. The molecule has 13 heteroatoms. The van der Waals surface area contributed by atoms with Crippen LogP contribution in [0.5, 0.6) is 0 Å². The number of rotatable bonds is 6. The zero-order valence-electron chi connectivity index (χ0n) is 18.2. The predicted octanol–water partition coefficient (Wildman–Crippen LogP) is 3.98. The number of fused-ring (bicyclic) bond motifs is 2. The lowest BCUT2D eigenvalue weighted by atomic mass is 9.77. The minimum Gasteiger partial charge on any atom is -0.393 e. The molecule has 0 aromatic heterocycles. The van der Waals surface area contributed by atoms with E-state index in [0.717, 1.165) is 12.1 Å². The van der Waals surface area contributed by atoms with Gasteiger partial charge in [0.15, 0.2) is 27.3 Å². The molecular weight excluding hydrogens is 489 g/mol. The summed E-state index contributed by atoms with van der Waals surface area (Å²) in [5.41, 5.74) is 6.71. The molecule has 0 spiro atoms. The number of carbonyl (C=O) groups is 1. The van der Waals surface area contributed by atoms with Crippen molar-refractivity contribution in [2.24, 2.45) is 17.0 Å². The quantitative estimate of drug-likeness (QED) is 0.232. The van der Waals surface area contributed by atoms with E-state index in [1.165, 1.54) is 6.07 Å². The Morgan fingerprint density at radius 1 is 1.14 bits per heavy atom. The van der Waals surface area contributed by atoms with Crippen LogP contribution in [0, 0.1) is 29.3 Å². The highest BCUT2D eigenvalue weighted by Crippen LogP contribution is 2.51. The molecule has 1 unspecified atom stereocenters. The van der Waals surface area contributed by atoms with Crippen LogP contribution in [0.4, 0.5) is 24.5 Å². The molecule has 2 bridgehead atoms. The Hall–Kier alpha value is -3.12. The number of anilines is 1. The molecule has 0 heterocycles. The lowest BCUT2D eigenvalue weighted by molar-refractivity contribution is -0.0597. The van der Waals surface area contributed by atoms with Crippen LogP contribution in [0.25, 0.3) is 10.4 Å². The van der Waals surface area contributed by atoms with Gasteiger partial charge in [0, 0.05) is 28.3 Å². The lowest BCUT2D eigenvalue weighted by Crippen LogP contribution is -2.48. The van der Waals surface area contributed by atoms with E-state index in [-0.39, 0.29) is 29.8 Å². The molecule has 186 valence electrons. The zero-order valence-corrected chi connectivity index (χ0v) is 19.0. The van der Waals surface area contributed by atoms with Gasteiger partial charge in [-0.25, -0.2) is 21.6 Å².